The normalized spacial score (nSPS) is 15.4. The molecule has 1 aromatic carbocycles. The summed E-state index contributed by atoms with van der Waals surface area (Å²) in [5.74, 6) is 0.182. The van der Waals surface area contributed by atoms with E-state index in [0.29, 0.717) is 51.9 Å². The molecule has 1 atom stereocenters. The number of fused-ring (bicyclic) bond motifs is 1. The van der Waals surface area contributed by atoms with Crippen LogP contribution in [0.5, 0.6) is 0 Å². The number of hydrogen-bond acceptors (Lipinski definition) is 8. The van der Waals surface area contributed by atoms with Crippen LogP contribution in [0.15, 0.2) is 47.7 Å². The summed E-state index contributed by atoms with van der Waals surface area (Å²) in [7, 11) is 1.69. The Morgan fingerprint density at radius 1 is 1.19 bits per heavy atom. The molecule has 0 aliphatic carbocycles. The van der Waals surface area contributed by atoms with Gasteiger partial charge in [-0.3, -0.25) is 19.1 Å². The van der Waals surface area contributed by atoms with E-state index in [1.165, 1.54) is 4.57 Å². The Balaban J connectivity index is 1.62. The van der Waals surface area contributed by atoms with Crippen LogP contribution < -0.4 is 16.6 Å². The van der Waals surface area contributed by atoms with Crippen molar-refractivity contribution in [1.82, 2.24) is 29.4 Å². The second-order valence-electron chi connectivity index (χ2n) is 9.03. The highest BCUT2D eigenvalue weighted by Gasteiger charge is 2.28. The highest BCUT2D eigenvalue weighted by atomic mass is 35.5. The lowest BCUT2D eigenvalue weighted by Gasteiger charge is -2.24. The average molecular weight is 519 g/mol. The zero-order valence-corrected chi connectivity index (χ0v) is 21.4. The van der Waals surface area contributed by atoms with Gasteiger partial charge in [0.25, 0.3) is 5.56 Å². The van der Waals surface area contributed by atoms with Gasteiger partial charge < -0.3 is 16.0 Å². The second-order valence-corrected chi connectivity index (χ2v) is 9.44. The lowest BCUT2D eigenvalue weighted by Crippen LogP contribution is -2.43. The molecule has 1 aliphatic rings. The molecule has 0 unspecified atom stereocenters. The topological polar surface area (TPSA) is 132 Å². The number of carbonyl (C=O) groups is 1. The minimum atomic E-state index is -0.366. The van der Waals surface area contributed by atoms with Crippen LogP contribution in [0.1, 0.15) is 18.5 Å². The van der Waals surface area contributed by atoms with Crippen LogP contribution in [-0.2, 0) is 11.3 Å². The summed E-state index contributed by atoms with van der Waals surface area (Å²) in [5, 5.41) is 3.88. The van der Waals surface area contributed by atoms with Crippen LogP contribution >= 0.6 is 11.6 Å². The number of rotatable bonds is 6. The van der Waals surface area contributed by atoms with Crippen molar-refractivity contribution in [3.8, 4) is 22.4 Å². The number of aryl methyl sites for hydroxylation is 1. The maximum atomic E-state index is 13.8. The molecule has 0 saturated carbocycles. The van der Waals surface area contributed by atoms with Crippen molar-refractivity contribution in [2.24, 2.45) is 5.73 Å². The number of nitrogens with zero attached hydrogens (tertiary/aromatic N) is 6. The number of pyridine rings is 1. The SMILES string of the molecule is CNc1ncc2cc(-c3ccc(-c4cncc(C)n4)cc3Cl)c(=O)n(CC(=O)N3CCC[C@H]3CN)c2n1. The number of hydrogen-bond donors (Lipinski definition) is 2. The molecule has 4 heterocycles. The smallest absolute Gasteiger partial charge is 0.260 e. The van der Waals surface area contributed by atoms with E-state index >= 15 is 0 Å². The van der Waals surface area contributed by atoms with Crippen LogP contribution in [0.3, 0.4) is 0 Å². The third-order valence-electron chi connectivity index (χ3n) is 6.62. The van der Waals surface area contributed by atoms with Crippen molar-refractivity contribution >= 4 is 34.5 Å². The number of carbonyl (C=O) groups excluding carboxylic acids is 1. The minimum absolute atomic E-state index is 0.0214. The third-order valence-corrected chi connectivity index (χ3v) is 6.94. The van der Waals surface area contributed by atoms with E-state index in [1.807, 2.05) is 13.0 Å². The number of aromatic nitrogens is 5. The van der Waals surface area contributed by atoms with E-state index in [2.05, 4.69) is 25.3 Å². The fourth-order valence-corrected chi connectivity index (χ4v) is 5.03. The van der Waals surface area contributed by atoms with Crippen molar-refractivity contribution in [1.29, 1.82) is 0 Å². The number of likely N-dealkylation sites (tertiary alicyclic amines) is 1. The largest absolute Gasteiger partial charge is 0.357 e. The summed E-state index contributed by atoms with van der Waals surface area (Å²) in [6.07, 6.45) is 6.72. The van der Waals surface area contributed by atoms with Crippen molar-refractivity contribution in [3.63, 3.8) is 0 Å². The molecular weight excluding hydrogens is 492 g/mol. The van der Waals surface area contributed by atoms with Gasteiger partial charge in [-0.2, -0.15) is 4.98 Å². The van der Waals surface area contributed by atoms with Gasteiger partial charge in [0.05, 0.1) is 17.6 Å². The summed E-state index contributed by atoms with van der Waals surface area (Å²) >= 11 is 6.70. The molecule has 1 fully saturated rings. The Labute approximate surface area is 218 Å². The lowest BCUT2D eigenvalue weighted by atomic mass is 10.0. The third kappa shape index (κ3) is 4.77. The molecule has 3 aromatic heterocycles. The van der Waals surface area contributed by atoms with Crippen molar-refractivity contribution in [3.05, 3.63) is 63.9 Å². The van der Waals surface area contributed by atoms with Crippen molar-refractivity contribution in [2.45, 2.75) is 32.4 Å². The molecule has 3 N–H and O–H groups in total. The van der Waals surface area contributed by atoms with E-state index in [0.717, 1.165) is 24.1 Å². The van der Waals surface area contributed by atoms with E-state index < -0.39 is 0 Å². The minimum Gasteiger partial charge on any atom is -0.357 e. The predicted molar refractivity (Wildman–Crippen MR) is 143 cm³/mol. The monoisotopic (exact) mass is 518 g/mol. The average Bonchev–Trinajstić information content (AvgIpc) is 3.39. The summed E-state index contributed by atoms with van der Waals surface area (Å²) in [5.41, 5.74) is 9.03. The van der Waals surface area contributed by atoms with Gasteiger partial charge in [-0.25, -0.2) is 9.97 Å². The van der Waals surface area contributed by atoms with Gasteiger partial charge in [0.2, 0.25) is 11.9 Å². The first-order valence-electron chi connectivity index (χ1n) is 12.1. The zero-order valence-electron chi connectivity index (χ0n) is 20.6. The van der Waals surface area contributed by atoms with Gasteiger partial charge >= 0.3 is 0 Å². The number of halogens is 1. The first kappa shape index (κ1) is 24.8. The molecule has 0 spiro atoms. The van der Waals surface area contributed by atoms with Crippen molar-refractivity contribution in [2.75, 3.05) is 25.5 Å². The summed E-state index contributed by atoms with van der Waals surface area (Å²) in [6, 6.07) is 7.08. The van der Waals surface area contributed by atoms with Crippen LogP contribution in [0.4, 0.5) is 5.95 Å². The van der Waals surface area contributed by atoms with Crippen LogP contribution in [-0.4, -0.2) is 61.5 Å². The lowest BCUT2D eigenvalue weighted by molar-refractivity contribution is -0.132. The first-order valence-corrected chi connectivity index (χ1v) is 12.4. The highest BCUT2D eigenvalue weighted by molar-refractivity contribution is 6.33. The highest BCUT2D eigenvalue weighted by Crippen LogP contribution is 2.31. The molecular formula is C26H27ClN8O2. The maximum Gasteiger partial charge on any atom is 0.260 e. The number of nitrogens with one attached hydrogen (secondary N) is 1. The Morgan fingerprint density at radius 2 is 2.03 bits per heavy atom. The number of amides is 1. The molecule has 0 radical (unpaired) electrons. The Hall–Kier alpha value is -3.89. The summed E-state index contributed by atoms with van der Waals surface area (Å²) in [6.45, 7) is 2.72. The van der Waals surface area contributed by atoms with Crippen LogP contribution in [0.25, 0.3) is 33.4 Å². The van der Waals surface area contributed by atoms with Crippen LogP contribution in [0, 0.1) is 6.92 Å². The summed E-state index contributed by atoms with van der Waals surface area (Å²) in [4.78, 5) is 46.4. The quantitative estimate of drug-likeness (QED) is 0.398. The fraction of sp³-hybridized carbons (Fsp3) is 0.308. The van der Waals surface area contributed by atoms with E-state index in [4.69, 9.17) is 17.3 Å². The molecule has 10 nitrogen and oxygen atoms in total. The Bertz CT molecular complexity index is 1550. The molecule has 11 heteroatoms. The molecule has 5 rings (SSSR count). The predicted octanol–water partition coefficient (Wildman–Crippen LogP) is 2.87. The molecule has 1 amide bonds. The van der Waals surface area contributed by atoms with Gasteiger partial charge in [0, 0.05) is 65.7 Å². The fourth-order valence-electron chi connectivity index (χ4n) is 4.75. The van der Waals surface area contributed by atoms with E-state index in [-0.39, 0.29) is 24.1 Å². The van der Waals surface area contributed by atoms with Gasteiger partial charge in [0.15, 0.2) is 0 Å². The van der Waals surface area contributed by atoms with E-state index in [9.17, 15) is 9.59 Å². The van der Waals surface area contributed by atoms with E-state index in [1.54, 1.807) is 48.7 Å². The molecule has 190 valence electrons. The zero-order chi connectivity index (χ0) is 26.1. The van der Waals surface area contributed by atoms with Gasteiger partial charge in [-0.15, -0.1) is 0 Å². The van der Waals surface area contributed by atoms with Crippen molar-refractivity contribution < 1.29 is 4.79 Å². The Morgan fingerprint density at radius 3 is 2.76 bits per heavy atom. The number of nitrogens with two attached hydrogens (primary N) is 1. The molecule has 1 saturated heterocycles. The second kappa shape index (κ2) is 10.2. The molecule has 0 bridgehead atoms. The maximum absolute atomic E-state index is 13.8. The molecule has 4 aromatic rings. The molecule has 37 heavy (non-hydrogen) atoms. The molecule has 1 aliphatic heterocycles. The first-order chi connectivity index (χ1) is 17.9. The van der Waals surface area contributed by atoms with Gasteiger partial charge in [-0.1, -0.05) is 23.7 Å². The van der Waals surface area contributed by atoms with Gasteiger partial charge in [-0.05, 0) is 31.9 Å². The standard InChI is InChI=1S/C26H27ClN8O2/c1-15-11-30-13-22(32-15)16-5-6-19(21(27)9-16)20-8-17-12-31-26(29-2)33-24(17)35(25(20)37)14-23(36)34-7-3-4-18(34)10-28/h5-6,8-9,11-13,18H,3-4,7,10,14,28H2,1-2H3,(H,29,31,33)/t18-/m0/s1. The Kier molecular flexibility index (Phi) is 6.86. The number of anilines is 1. The van der Waals surface area contributed by atoms with Crippen LogP contribution in [0.2, 0.25) is 5.02 Å². The summed E-state index contributed by atoms with van der Waals surface area (Å²) < 4.78 is 1.40. The number of benzene rings is 1. The van der Waals surface area contributed by atoms with Gasteiger partial charge in [0.1, 0.15) is 12.2 Å².